The van der Waals surface area contributed by atoms with E-state index in [1.807, 2.05) is 43.3 Å². The molecule has 2 aromatic carbocycles. The Hall–Kier alpha value is -3.15. The molecule has 0 saturated heterocycles. The van der Waals surface area contributed by atoms with Crippen LogP contribution in [0, 0.1) is 12.8 Å². The van der Waals surface area contributed by atoms with Crippen LogP contribution in [0.4, 0.5) is 0 Å². The van der Waals surface area contributed by atoms with Crippen LogP contribution < -0.4 is 5.32 Å². The van der Waals surface area contributed by atoms with E-state index in [2.05, 4.69) is 14.9 Å². The standard InChI is InChI=1S/C20H19N3O3/c1-12-21-17-11-13(19(24)22-15-9-14(10-15)20(25)26)7-8-18(17)23(12)16-5-3-2-4-6-16/h2-8,11,14-15H,9-10H2,1H3,(H,22,24)(H,25,26). The van der Waals surface area contributed by atoms with Crippen molar-refractivity contribution < 1.29 is 14.7 Å². The monoisotopic (exact) mass is 349 g/mol. The smallest absolute Gasteiger partial charge is 0.306 e. The van der Waals surface area contributed by atoms with Crippen LogP contribution in [-0.2, 0) is 4.79 Å². The molecule has 1 saturated carbocycles. The van der Waals surface area contributed by atoms with Crippen LogP contribution in [-0.4, -0.2) is 32.6 Å². The summed E-state index contributed by atoms with van der Waals surface area (Å²) in [5.74, 6) is -0.467. The van der Waals surface area contributed by atoms with E-state index in [1.54, 1.807) is 12.1 Å². The number of aryl methyl sites for hydroxylation is 1. The number of imidazole rings is 1. The number of nitrogens with zero attached hydrogens (tertiary/aromatic N) is 2. The minimum absolute atomic E-state index is 0.0668. The molecule has 1 amide bonds. The van der Waals surface area contributed by atoms with Gasteiger partial charge in [-0.15, -0.1) is 0 Å². The molecule has 0 radical (unpaired) electrons. The number of amides is 1. The molecule has 6 heteroatoms. The van der Waals surface area contributed by atoms with E-state index in [4.69, 9.17) is 5.11 Å². The van der Waals surface area contributed by atoms with E-state index < -0.39 is 5.97 Å². The number of fused-ring (bicyclic) bond motifs is 1. The Labute approximate surface area is 150 Å². The van der Waals surface area contributed by atoms with E-state index >= 15 is 0 Å². The average Bonchev–Trinajstić information content (AvgIpc) is 2.92. The average molecular weight is 349 g/mol. The Morgan fingerprint density at radius 1 is 1.15 bits per heavy atom. The SMILES string of the molecule is Cc1nc2cc(C(=O)NC3CC(C(=O)O)C3)ccc2n1-c1ccccc1. The molecular formula is C20H19N3O3. The van der Waals surface area contributed by atoms with Crippen LogP contribution >= 0.6 is 0 Å². The third kappa shape index (κ3) is 2.83. The summed E-state index contributed by atoms with van der Waals surface area (Å²) in [5, 5.41) is 11.8. The Bertz CT molecular complexity index is 988. The fraction of sp³-hybridized carbons (Fsp3) is 0.250. The van der Waals surface area contributed by atoms with Crippen molar-refractivity contribution in [2.45, 2.75) is 25.8 Å². The number of carbonyl (C=O) groups is 2. The molecule has 2 N–H and O–H groups in total. The molecular weight excluding hydrogens is 330 g/mol. The number of aromatic nitrogens is 2. The van der Waals surface area contributed by atoms with Gasteiger partial charge >= 0.3 is 5.97 Å². The van der Waals surface area contributed by atoms with Crippen molar-refractivity contribution in [1.82, 2.24) is 14.9 Å². The number of carboxylic acid groups (broad SMARTS) is 1. The summed E-state index contributed by atoms with van der Waals surface area (Å²) >= 11 is 0. The summed E-state index contributed by atoms with van der Waals surface area (Å²) in [6, 6.07) is 15.4. The molecule has 0 spiro atoms. The molecule has 1 heterocycles. The number of carboxylic acids is 1. The number of para-hydroxylation sites is 1. The van der Waals surface area contributed by atoms with E-state index in [0.29, 0.717) is 18.4 Å². The number of hydrogen-bond donors (Lipinski definition) is 2. The quantitative estimate of drug-likeness (QED) is 0.758. The highest BCUT2D eigenvalue weighted by molar-refractivity contribution is 5.98. The van der Waals surface area contributed by atoms with Crippen LogP contribution in [0.15, 0.2) is 48.5 Å². The van der Waals surface area contributed by atoms with Crippen LogP contribution in [0.3, 0.4) is 0 Å². The zero-order valence-corrected chi connectivity index (χ0v) is 14.3. The Kier molecular flexibility index (Phi) is 3.95. The molecule has 6 nitrogen and oxygen atoms in total. The largest absolute Gasteiger partial charge is 0.481 e. The zero-order valence-electron chi connectivity index (χ0n) is 14.3. The maximum absolute atomic E-state index is 12.4. The molecule has 0 aliphatic heterocycles. The first-order chi connectivity index (χ1) is 12.5. The molecule has 0 unspecified atom stereocenters. The van der Waals surface area contributed by atoms with Crippen LogP contribution in [0.25, 0.3) is 16.7 Å². The summed E-state index contributed by atoms with van der Waals surface area (Å²) < 4.78 is 2.06. The molecule has 1 aliphatic rings. The molecule has 0 atom stereocenters. The Morgan fingerprint density at radius 2 is 1.88 bits per heavy atom. The molecule has 132 valence electrons. The van der Waals surface area contributed by atoms with E-state index in [0.717, 1.165) is 22.5 Å². The van der Waals surface area contributed by atoms with E-state index in [1.165, 1.54) is 0 Å². The lowest BCUT2D eigenvalue weighted by Gasteiger charge is -2.32. The first-order valence-corrected chi connectivity index (χ1v) is 8.61. The van der Waals surface area contributed by atoms with Crippen molar-refractivity contribution >= 4 is 22.9 Å². The maximum Gasteiger partial charge on any atom is 0.306 e. The lowest BCUT2D eigenvalue weighted by Crippen LogP contribution is -2.46. The number of nitrogens with one attached hydrogen (secondary N) is 1. The number of benzene rings is 2. The van der Waals surface area contributed by atoms with Gasteiger partial charge in [0, 0.05) is 17.3 Å². The van der Waals surface area contributed by atoms with Gasteiger partial charge in [-0.1, -0.05) is 18.2 Å². The van der Waals surface area contributed by atoms with Gasteiger partial charge in [0.2, 0.25) is 0 Å². The predicted molar refractivity (Wildman–Crippen MR) is 97.4 cm³/mol. The predicted octanol–water partition coefficient (Wildman–Crippen LogP) is 2.93. The minimum atomic E-state index is -0.793. The van der Waals surface area contributed by atoms with Crippen LogP contribution in [0.2, 0.25) is 0 Å². The summed E-state index contributed by atoms with van der Waals surface area (Å²) in [6.07, 6.45) is 0.982. The first kappa shape index (κ1) is 16.3. The molecule has 1 aliphatic carbocycles. The lowest BCUT2D eigenvalue weighted by atomic mass is 9.80. The second kappa shape index (κ2) is 6.29. The maximum atomic E-state index is 12.4. The third-order valence-corrected chi connectivity index (χ3v) is 4.92. The molecule has 0 bridgehead atoms. The second-order valence-corrected chi connectivity index (χ2v) is 6.71. The highest BCUT2D eigenvalue weighted by Crippen LogP contribution is 2.28. The van der Waals surface area contributed by atoms with Crippen molar-refractivity contribution in [2.75, 3.05) is 0 Å². The Balaban J connectivity index is 1.57. The molecule has 1 aromatic heterocycles. The minimum Gasteiger partial charge on any atom is -0.481 e. The number of aliphatic carboxylic acids is 1. The summed E-state index contributed by atoms with van der Waals surface area (Å²) in [6.45, 7) is 1.94. The molecule has 4 rings (SSSR count). The van der Waals surface area contributed by atoms with Crippen molar-refractivity contribution in [3.8, 4) is 5.69 Å². The van der Waals surface area contributed by atoms with Crippen molar-refractivity contribution in [3.63, 3.8) is 0 Å². The normalized spacial score (nSPS) is 19.1. The van der Waals surface area contributed by atoms with E-state index in [9.17, 15) is 9.59 Å². The number of carbonyl (C=O) groups excluding carboxylic acids is 1. The van der Waals surface area contributed by atoms with Crippen molar-refractivity contribution in [1.29, 1.82) is 0 Å². The van der Waals surface area contributed by atoms with Gasteiger partial charge in [0.25, 0.3) is 5.91 Å². The van der Waals surface area contributed by atoms with Crippen LogP contribution in [0.5, 0.6) is 0 Å². The Morgan fingerprint density at radius 3 is 2.58 bits per heavy atom. The summed E-state index contributed by atoms with van der Waals surface area (Å²) in [4.78, 5) is 27.9. The molecule has 3 aromatic rings. The van der Waals surface area contributed by atoms with Crippen LogP contribution in [0.1, 0.15) is 29.0 Å². The number of hydrogen-bond acceptors (Lipinski definition) is 3. The highest BCUT2D eigenvalue weighted by atomic mass is 16.4. The molecule has 26 heavy (non-hydrogen) atoms. The summed E-state index contributed by atoms with van der Waals surface area (Å²) in [7, 11) is 0. The zero-order chi connectivity index (χ0) is 18.3. The first-order valence-electron chi connectivity index (χ1n) is 8.61. The highest BCUT2D eigenvalue weighted by Gasteiger charge is 2.35. The van der Waals surface area contributed by atoms with Gasteiger partial charge in [0.15, 0.2) is 0 Å². The fourth-order valence-corrected chi connectivity index (χ4v) is 3.45. The second-order valence-electron chi connectivity index (χ2n) is 6.71. The van der Waals surface area contributed by atoms with Gasteiger partial charge in [0.1, 0.15) is 5.82 Å². The van der Waals surface area contributed by atoms with Gasteiger partial charge in [-0.05, 0) is 50.1 Å². The van der Waals surface area contributed by atoms with Gasteiger partial charge in [-0.25, -0.2) is 4.98 Å². The molecule has 1 fully saturated rings. The van der Waals surface area contributed by atoms with Gasteiger partial charge < -0.3 is 10.4 Å². The van der Waals surface area contributed by atoms with Gasteiger partial charge in [0.05, 0.1) is 17.0 Å². The van der Waals surface area contributed by atoms with Gasteiger partial charge in [-0.3, -0.25) is 14.2 Å². The fourth-order valence-electron chi connectivity index (χ4n) is 3.45. The third-order valence-electron chi connectivity index (χ3n) is 4.92. The lowest BCUT2D eigenvalue weighted by molar-refractivity contribution is -0.145. The van der Waals surface area contributed by atoms with Crippen molar-refractivity contribution in [2.24, 2.45) is 5.92 Å². The number of rotatable bonds is 4. The van der Waals surface area contributed by atoms with E-state index in [-0.39, 0.29) is 17.9 Å². The topological polar surface area (TPSA) is 84.2 Å². The van der Waals surface area contributed by atoms with Gasteiger partial charge in [-0.2, -0.15) is 0 Å². The van der Waals surface area contributed by atoms with Crippen molar-refractivity contribution in [3.05, 3.63) is 59.9 Å². The summed E-state index contributed by atoms with van der Waals surface area (Å²) in [5.41, 5.74) is 3.27.